The maximum atomic E-state index is 13.3. The molecule has 0 heterocycles. The van der Waals surface area contributed by atoms with Crippen LogP contribution in [0.2, 0.25) is 0 Å². The van der Waals surface area contributed by atoms with E-state index >= 15 is 0 Å². The Morgan fingerprint density at radius 1 is 1.35 bits per heavy atom. The predicted molar refractivity (Wildman–Crippen MR) is 61.3 cm³/mol. The van der Waals surface area contributed by atoms with E-state index in [1.165, 1.54) is 12.1 Å². The normalized spacial score (nSPS) is 10.0. The number of anilines is 1. The SMILES string of the molecule is Cc1ccc(F)c(NC(=O)CCCC(=O)O)c1. The zero-order valence-corrected chi connectivity index (χ0v) is 9.50. The Balaban J connectivity index is 2.50. The van der Waals surface area contributed by atoms with Crippen LogP contribution in [-0.4, -0.2) is 17.0 Å². The lowest BCUT2D eigenvalue weighted by molar-refractivity contribution is -0.137. The van der Waals surface area contributed by atoms with Crippen LogP contribution in [0.4, 0.5) is 10.1 Å². The third kappa shape index (κ3) is 4.63. The number of aliphatic carboxylic acids is 1. The fourth-order valence-corrected chi connectivity index (χ4v) is 1.35. The molecule has 5 heteroatoms. The van der Waals surface area contributed by atoms with Gasteiger partial charge in [0.1, 0.15) is 5.82 Å². The highest BCUT2D eigenvalue weighted by Crippen LogP contribution is 2.16. The molecule has 0 fully saturated rings. The van der Waals surface area contributed by atoms with Gasteiger partial charge in [-0.2, -0.15) is 0 Å². The second kappa shape index (κ2) is 5.98. The molecular formula is C12H14FNO3. The zero-order chi connectivity index (χ0) is 12.8. The van der Waals surface area contributed by atoms with Crippen molar-refractivity contribution in [3.05, 3.63) is 29.6 Å². The molecular weight excluding hydrogens is 225 g/mol. The van der Waals surface area contributed by atoms with E-state index in [-0.39, 0.29) is 30.9 Å². The molecule has 0 atom stereocenters. The van der Waals surface area contributed by atoms with E-state index < -0.39 is 11.8 Å². The number of aryl methyl sites for hydroxylation is 1. The average Bonchev–Trinajstić information content (AvgIpc) is 2.23. The Morgan fingerprint density at radius 2 is 2.06 bits per heavy atom. The number of carbonyl (C=O) groups excluding carboxylic acids is 1. The molecule has 0 aromatic heterocycles. The number of rotatable bonds is 5. The van der Waals surface area contributed by atoms with Gasteiger partial charge in [-0.3, -0.25) is 9.59 Å². The number of nitrogens with one attached hydrogen (secondary N) is 1. The first kappa shape index (κ1) is 13.2. The average molecular weight is 239 g/mol. The molecule has 0 aliphatic rings. The second-order valence-electron chi connectivity index (χ2n) is 3.78. The topological polar surface area (TPSA) is 66.4 Å². The van der Waals surface area contributed by atoms with Crippen molar-refractivity contribution in [1.82, 2.24) is 0 Å². The predicted octanol–water partition coefficient (Wildman–Crippen LogP) is 2.33. The van der Waals surface area contributed by atoms with E-state index in [2.05, 4.69) is 5.32 Å². The molecule has 0 unspecified atom stereocenters. The van der Waals surface area contributed by atoms with Crippen LogP contribution >= 0.6 is 0 Å². The van der Waals surface area contributed by atoms with Crippen LogP contribution in [0.5, 0.6) is 0 Å². The van der Waals surface area contributed by atoms with Gasteiger partial charge >= 0.3 is 5.97 Å². The van der Waals surface area contributed by atoms with Crippen molar-refractivity contribution in [3.63, 3.8) is 0 Å². The summed E-state index contributed by atoms with van der Waals surface area (Å²) in [6, 6.07) is 4.42. The maximum absolute atomic E-state index is 13.3. The summed E-state index contributed by atoms with van der Waals surface area (Å²) in [4.78, 5) is 21.6. The summed E-state index contributed by atoms with van der Waals surface area (Å²) >= 11 is 0. The molecule has 0 saturated heterocycles. The van der Waals surface area contributed by atoms with Crippen LogP contribution in [0.25, 0.3) is 0 Å². The van der Waals surface area contributed by atoms with E-state index in [4.69, 9.17) is 5.11 Å². The van der Waals surface area contributed by atoms with Gasteiger partial charge in [-0.15, -0.1) is 0 Å². The zero-order valence-electron chi connectivity index (χ0n) is 9.50. The van der Waals surface area contributed by atoms with Gasteiger partial charge in [0, 0.05) is 12.8 Å². The standard InChI is InChI=1S/C12H14FNO3/c1-8-5-6-9(13)10(7-8)14-11(15)3-2-4-12(16)17/h5-7H,2-4H2,1H3,(H,14,15)(H,16,17). The summed E-state index contributed by atoms with van der Waals surface area (Å²) in [6.45, 7) is 1.79. The molecule has 1 rings (SSSR count). The number of amides is 1. The molecule has 4 nitrogen and oxygen atoms in total. The molecule has 0 aliphatic heterocycles. The highest BCUT2D eigenvalue weighted by molar-refractivity contribution is 5.91. The molecule has 0 bridgehead atoms. The molecule has 92 valence electrons. The van der Waals surface area contributed by atoms with E-state index in [0.29, 0.717) is 0 Å². The first-order valence-electron chi connectivity index (χ1n) is 5.27. The van der Waals surface area contributed by atoms with E-state index in [1.807, 2.05) is 0 Å². The number of hydrogen-bond acceptors (Lipinski definition) is 2. The molecule has 17 heavy (non-hydrogen) atoms. The quantitative estimate of drug-likeness (QED) is 0.828. The largest absolute Gasteiger partial charge is 0.481 e. The minimum absolute atomic E-state index is 0.0658. The van der Waals surface area contributed by atoms with Gasteiger partial charge in [0.05, 0.1) is 5.69 Å². The molecule has 0 spiro atoms. The summed E-state index contributed by atoms with van der Waals surface area (Å²) in [5.74, 6) is -1.82. The van der Waals surface area contributed by atoms with Crippen molar-refractivity contribution >= 4 is 17.6 Å². The van der Waals surface area contributed by atoms with Gasteiger partial charge in [0.25, 0.3) is 0 Å². The monoisotopic (exact) mass is 239 g/mol. The van der Waals surface area contributed by atoms with E-state index in [1.54, 1.807) is 13.0 Å². The number of benzene rings is 1. The van der Waals surface area contributed by atoms with Crippen LogP contribution in [0, 0.1) is 12.7 Å². The molecule has 0 saturated carbocycles. The molecule has 1 aromatic rings. The third-order valence-corrected chi connectivity index (χ3v) is 2.19. The van der Waals surface area contributed by atoms with Gasteiger partial charge < -0.3 is 10.4 Å². The van der Waals surface area contributed by atoms with Crippen molar-refractivity contribution in [2.45, 2.75) is 26.2 Å². The maximum Gasteiger partial charge on any atom is 0.303 e. The smallest absolute Gasteiger partial charge is 0.303 e. The number of carboxylic acid groups (broad SMARTS) is 1. The van der Waals surface area contributed by atoms with Crippen molar-refractivity contribution in [2.24, 2.45) is 0 Å². The van der Waals surface area contributed by atoms with Gasteiger partial charge in [-0.25, -0.2) is 4.39 Å². The Kier molecular flexibility index (Phi) is 4.63. The molecule has 2 N–H and O–H groups in total. The first-order chi connectivity index (χ1) is 7.99. The van der Waals surface area contributed by atoms with Crippen LogP contribution in [0.1, 0.15) is 24.8 Å². The lowest BCUT2D eigenvalue weighted by atomic mass is 10.2. The summed E-state index contributed by atoms with van der Waals surface area (Å²) in [5.41, 5.74) is 0.970. The minimum atomic E-state index is -0.945. The minimum Gasteiger partial charge on any atom is -0.481 e. The Morgan fingerprint density at radius 3 is 2.71 bits per heavy atom. The van der Waals surface area contributed by atoms with E-state index in [0.717, 1.165) is 5.56 Å². The number of carboxylic acids is 1. The van der Waals surface area contributed by atoms with Crippen LogP contribution in [0.15, 0.2) is 18.2 Å². The highest BCUT2D eigenvalue weighted by Gasteiger charge is 2.07. The third-order valence-electron chi connectivity index (χ3n) is 2.19. The summed E-state index contributed by atoms with van der Waals surface area (Å²) in [7, 11) is 0. The number of halogens is 1. The van der Waals surface area contributed by atoms with Crippen LogP contribution in [0.3, 0.4) is 0 Å². The molecule has 0 aliphatic carbocycles. The Bertz CT molecular complexity index is 432. The lowest BCUT2D eigenvalue weighted by Crippen LogP contribution is -2.13. The fourth-order valence-electron chi connectivity index (χ4n) is 1.35. The van der Waals surface area contributed by atoms with Crippen LogP contribution in [-0.2, 0) is 9.59 Å². The number of carbonyl (C=O) groups is 2. The molecule has 1 aromatic carbocycles. The van der Waals surface area contributed by atoms with Crippen LogP contribution < -0.4 is 5.32 Å². The van der Waals surface area contributed by atoms with Gasteiger partial charge in [-0.05, 0) is 31.0 Å². The summed E-state index contributed by atoms with van der Waals surface area (Å²) in [6.07, 6.45) is 0.248. The van der Waals surface area contributed by atoms with Gasteiger partial charge in [0.2, 0.25) is 5.91 Å². The lowest BCUT2D eigenvalue weighted by Gasteiger charge is -2.06. The van der Waals surface area contributed by atoms with Crippen molar-refractivity contribution in [3.8, 4) is 0 Å². The van der Waals surface area contributed by atoms with Gasteiger partial charge in [0.15, 0.2) is 0 Å². The summed E-state index contributed by atoms with van der Waals surface area (Å²) < 4.78 is 13.3. The highest BCUT2D eigenvalue weighted by atomic mass is 19.1. The second-order valence-corrected chi connectivity index (χ2v) is 3.78. The number of hydrogen-bond donors (Lipinski definition) is 2. The summed E-state index contributed by atoms with van der Waals surface area (Å²) in [5, 5.41) is 10.8. The van der Waals surface area contributed by atoms with Crippen molar-refractivity contribution < 1.29 is 19.1 Å². The van der Waals surface area contributed by atoms with Gasteiger partial charge in [-0.1, -0.05) is 6.07 Å². The first-order valence-corrected chi connectivity index (χ1v) is 5.27. The van der Waals surface area contributed by atoms with Crippen molar-refractivity contribution in [2.75, 3.05) is 5.32 Å². The Hall–Kier alpha value is -1.91. The molecule has 0 radical (unpaired) electrons. The Labute approximate surface area is 98.5 Å². The van der Waals surface area contributed by atoms with Crippen molar-refractivity contribution in [1.29, 1.82) is 0 Å². The molecule has 1 amide bonds. The van der Waals surface area contributed by atoms with E-state index in [9.17, 15) is 14.0 Å². The fraction of sp³-hybridized carbons (Fsp3) is 0.333.